The van der Waals surface area contributed by atoms with Crippen LogP contribution in [0.4, 0.5) is 0 Å². The third kappa shape index (κ3) is 1.15. The zero-order valence-corrected chi connectivity index (χ0v) is 13.9. The lowest BCUT2D eigenvalue weighted by Crippen LogP contribution is -2.48. The van der Waals surface area contributed by atoms with Crippen LogP contribution in [-0.4, -0.2) is 8.07 Å². The summed E-state index contributed by atoms with van der Waals surface area (Å²) in [7, 11) is -0.984. The van der Waals surface area contributed by atoms with Gasteiger partial charge in [0.05, 0.1) is 8.07 Å². The summed E-state index contributed by atoms with van der Waals surface area (Å²) >= 11 is 0. The quantitative estimate of drug-likeness (QED) is 0.578. The van der Waals surface area contributed by atoms with E-state index in [-0.39, 0.29) is 0 Å². The van der Waals surface area contributed by atoms with Gasteiger partial charge in [0.25, 0.3) is 0 Å². The molecule has 0 aliphatic heterocycles. The minimum Gasteiger partial charge on any atom is -0.0691 e. The molecule has 0 saturated heterocycles. The molecule has 2 unspecified atom stereocenters. The normalized spacial score (nSPS) is 56.0. The topological polar surface area (TPSA) is 0 Å². The molecule has 1 heteroatoms. The van der Waals surface area contributed by atoms with Crippen molar-refractivity contribution in [1.29, 1.82) is 0 Å². The Kier molecular flexibility index (Phi) is 1.96. The summed E-state index contributed by atoms with van der Waals surface area (Å²) in [6.07, 6.45) is 14.3. The lowest BCUT2D eigenvalue weighted by atomic mass is 9.61. The molecule has 2 spiro atoms. The summed E-state index contributed by atoms with van der Waals surface area (Å²) in [4.78, 5) is 0. The lowest BCUT2D eigenvalue weighted by molar-refractivity contribution is 0.0805. The minimum absolute atomic E-state index is 0.824. The predicted octanol–water partition coefficient (Wildman–Crippen LogP) is 5.61. The summed E-state index contributed by atoms with van der Waals surface area (Å²) in [6.45, 7) is 10.4. The highest BCUT2D eigenvalue weighted by atomic mass is 28.3. The number of rotatable bonds is 4. The molecule has 102 valence electrons. The Morgan fingerprint density at radius 1 is 0.833 bits per heavy atom. The molecule has 5 rings (SSSR count). The minimum atomic E-state index is -0.984. The van der Waals surface area contributed by atoms with Gasteiger partial charge in [0, 0.05) is 0 Å². The zero-order chi connectivity index (χ0) is 12.9. The van der Waals surface area contributed by atoms with E-state index < -0.39 is 8.07 Å². The maximum atomic E-state index is 2.67. The molecule has 0 aromatic carbocycles. The second-order valence-corrected chi connectivity index (χ2v) is 15.3. The van der Waals surface area contributed by atoms with Crippen LogP contribution in [-0.2, 0) is 0 Å². The third-order valence-corrected chi connectivity index (χ3v) is 11.5. The largest absolute Gasteiger partial charge is 0.0691 e. The fraction of sp³-hybridized carbons (Fsp3) is 1.00. The Labute approximate surface area is 114 Å². The Morgan fingerprint density at radius 3 is 1.94 bits per heavy atom. The van der Waals surface area contributed by atoms with Gasteiger partial charge >= 0.3 is 0 Å². The van der Waals surface area contributed by atoms with Crippen LogP contribution in [0.5, 0.6) is 0 Å². The van der Waals surface area contributed by atoms with E-state index in [1.54, 1.807) is 44.9 Å². The van der Waals surface area contributed by atoms with E-state index in [0.29, 0.717) is 0 Å². The molecule has 5 saturated carbocycles. The summed E-state index contributed by atoms with van der Waals surface area (Å²) in [6, 6.07) is 0. The van der Waals surface area contributed by atoms with Crippen molar-refractivity contribution in [3.63, 3.8) is 0 Å². The van der Waals surface area contributed by atoms with Gasteiger partial charge < -0.3 is 0 Å². The summed E-state index contributed by atoms with van der Waals surface area (Å²) in [5.41, 5.74) is 2.60. The standard InChI is InChI=1S/C17H30Si/c1-5-6-7-14-8-15-11-16(15,9-14)13-17(10-14,12-15)18(2,3)4/h5-13H2,1-4H3/t14?,15-,16+,17?. The van der Waals surface area contributed by atoms with Crippen LogP contribution in [0.3, 0.4) is 0 Å². The van der Waals surface area contributed by atoms with Crippen LogP contribution in [0.15, 0.2) is 0 Å². The maximum Gasteiger partial charge on any atom is 0.0506 e. The van der Waals surface area contributed by atoms with Crippen molar-refractivity contribution < 1.29 is 0 Å². The van der Waals surface area contributed by atoms with E-state index in [2.05, 4.69) is 26.6 Å². The number of hydrogen-bond donors (Lipinski definition) is 0. The molecule has 0 nitrogen and oxygen atoms in total. The average Bonchev–Trinajstić information content (AvgIpc) is 2.62. The molecule has 5 fully saturated rings. The number of hydrogen-bond acceptors (Lipinski definition) is 0. The molecule has 0 N–H and O–H groups in total. The van der Waals surface area contributed by atoms with E-state index in [1.165, 1.54) is 12.8 Å². The van der Waals surface area contributed by atoms with Gasteiger partial charge in [0.1, 0.15) is 0 Å². The van der Waals surface area contributed by atoms with E-state index in [1.807, 2.05) is 0 Å². The Hall–Kier alpha value is 0.217. The molecule has 0 heterocycles. The fourth-order valence-electron chi connectivity index (χ4n) is 7.16. The molecule has 0 aromatic heterocycles. The first-order valence-corrected chi connectivity index (χ1v) is 11.8. The Morgan fingerprint density at radius 2 is 1.44 bits per heavy atom. The smallest absolute Gasteiger partial charge is 0.0506 e. The number of unbranched alkanes of at least 4 members (excludes halogenated alkanes) is 1. The van der Waals surface area contributed by atoms with E-state index in [4.69, 9.17) is 0 Å². The highest BCUT2D eigenvalue weighted by Gasteiger charge is 2.85. The summed E-state index contributed by atoms with van der Waals surface area (Å²) < 4.78 is 0. The van der Waals surface area contributed by atoms with Crippen molar-refractivity contribution in [2.45, 2.75) is 89.4 Å². The lowest BCUT2D eigenvalue weighted by Gasteiger charge is -2.56. The van der Waals surface area contributed by atoms with Crippen LogP contribution in [0.25, 0.3) is 0 Å². The summed E-state index contributed by atoms with van der Waals surface area (Å²) in [5, 5.41) is 0.857. The third-order valence-electron chi connectivity index (χ3n) is 7.82. The first kappa shape index (κ1) is 12.0. The van der Waals surface area contributed by atoms with Crippen LogP contribution in [0.2, 0.25) is 24.7 Å². The molecule has 5 aliphatic carbocycles. The SMILES string of the molecule is CCCCC12CC3([Si](C)(C)C)C[C@@]4(C1)C[C@@]4(C2)C3. The molecule has 5 aliphatic rings. The fourth-order valence-corrected chi connectivity index (χ4v) is 9.81. The summed E-state index contributed by atoms with van der Waals surface area (Å²) in [5.74, 6) is 0. The van der Waals surface area contributed by atoms with Crippen molar-refractivity contribution >= 4 is 8.07 Å². The van der Waals surface area contributed by atoms with Crippen LogP contribution in [0, 0.1) is 16.2 Å². The monoisotopic (exact) mass is 262 g/mol. The average molecular weight is 263 g/mol. The van der Waals surface area contributed by atoms with Crippen molar-refractivity contribution in [2.75, 3.05) is 0 Å². The van der Waals surface area contributed by atoms with Crippen LogP contribution in [0.1, 0.15) is 64.7 Å². The van der Waals surface area contributed by atoms with Gasteiger partial charge in [-0.1, -0.05) is 39.4 Å². The van der Waals surface area contributed by atoms with E-state index in [0.717, 1.165) is 21.3 Å². The highest BCUT2D eigenvalue weighted by molar-refractivity contribution is 6.79. The van der Waals surface area contributed by atoms with Gasteiger partial charge in [0.2, 0.25) is 0 Å². The molecule has 18 heavy (non-hydrogen) atoms. The predicted molar refractivity (Wildman–Crippen MR) is 80.6 cm³/mol. The second-order valence-electron chi connectivity index (χ2n) is 9.76. The highest BCUT2D eigenvalue weighted by Crippen LogP contribution is 2.96. The molecular weight excluding hydrogens is 232 g/mol. The van der Waals surface area contributed by atoms with Crippen molar-refractivity contribution in [1.82, 2.24) is 0 Å². The second kappa shape index (κ2) is 2.94. The molecule has 0 amide bonds. The molecule has 4 bridgehead atoms. The van der Waals surface area contributed by atoms with Gasteiger partial charge in [-0.15, -0.1) is 0 Å². The van der Waals surface area contributed by atoms with Gasteiger partial charge in [-0.05, 0) is 66.2 Å². The van der Waals surface area contributed by atoms with Crippen LogP contribution >= 0.6 is 0 Å². The molecular formula is C17H30Si. The molecule has 0 aromatic rings. The van der Waals surface area contributed by atoms with Gasteiger partial charge in [-0.3, -0.25) is 0 Å². The zero-order valence-electron chi connectivity index (χ0n) is 12.9. The first-order valence-electron chi connectivity index (χ1n) is 8.30. The Balaban J connectivity index is 1.69. The van der Waals surface area contributed by atoms with E-state index >= 15 is 0 Å². The van der Waals surface area contributed by atoms with Gasteiger partial charge in [0.15, 0.2) is 0 Å². The maximum absolute atomic E-state index is 2.67. The Bertz CT molecular complexity index is 384. The van der Waals surface area contributed by atoms with Crippen molar-refractivity contribution in [2.24, 2.45) is 16.2 Å². The molecule has 0 radical (unpaired) electrons. The van der Waals surface area contributed by atoms with E-state index in [9.17, 15) is 0 Å². The van der Waals surface area contributed by atoms with Crippen molar-refractivity contribution in [3.8, 4) is 0 Å². The van der Waals surface area contributed by atoms with Crippen molar-refractivity contribution in [3.05, 3.63) is 0 Å². The van der Waals surface area contributed by atoms with Gasteiger partial charge in [-0.2, -0.15) is 0 Å². The molecule has 4 atom stereocenters. The first-order chi connectivity index (χ1) is 8.30. The van der Waals surface area contributed by atoms with Gasteiger partial charge in [-0.25, -0.2) is 0 Å². The van der Waals surface area contributed by atoms with Crippen LogP contribution < -0.4 is 0 Å².